The van der Waals surface area contributed by atoms with Gasteiger partial charge in [0.2, 0.25) is 0 Å². The summed E-state index contributed by atoms with van der Waals surface area (Å²) in [5.74, 6) is 0.712. The molecule has 2 rings (SSSR count). The molecule has 0 radical (unpaired) electrons. The maximum absolute atomic E-state index is 13.7. The third kappa shape index (κ3) is 1.87. The zero-order valence-corrected chi connectivity index (χ0v) is 8.63. The van der Waals surface area contributed by atoms with Gasteiger partial charge in [0.15, 0.2) is 12.0 Å². The molecule has 0 spiro atoms. The predicted molar refractivity (Wildman–Crippen MR) is 54.8 cm³/mol. The van der Waals surface area contributed by atoms with Crippen LogP contribution in [0.4, 0.5) is 4.39 Å². The molecule has 1 aromatic rings. The van der Waals surface area contributed by atoms with Gasteiger partial charge in [0.25, 0.3) is 0 Å². The van der Waals surface area contributed by atoms with Gasteiger partial charge in [-0.05, 0) is 37.0 Å². The highest BCUT2D eigenvalue weighted by Crippen LogP contribution is 2.31. The van der Waals surface area contributed by atoms with Crippen LogP contribution in [0.25, 0.3) is 0 Å². The quantitative estimate of drug-likeness (QED) is 0.697. The van der Waals surface area contributed by atoms with Gasteiger partial charge < -0.3 is 4.74 Å². The van der Waals surface area contributed by atoms with Gasteiger partial charge in [0.05, 0.1) is 6.61 Å². The molecular weight excluding hydrogens is 195 g/mol. The highest BCUT2D eigenvalue weighted by atomic mass is 19.1. The van der Waals surface area contributed by atoms with Crippen LogP contribution in [0.15, 0.2) is 18.2 Å². The first-order valence-corrected chi connectivity index (χ1v) is 5.05. The van der Waals surface area contributed by atoms with E-state index >= 15 is 0 Å². The first kappa shape index (κ1) is 10.1. The van der Waals surface area contributed by atoms with Crippen molar-refractivity contribution in [3.63, 3.8) is 0 Å². The zero-order valence-electron chi connectivity index (χ0n) is 8.63. The minimum Gasteiger partial charge on any atom is -0.493 e. The maximum atomic E-state index is 13.7. The third-order valence-electron chi connectivity index (χ3n) is 2.70. The average Bonchev–Trinajstić information content (AvgIpc) is 2.28. The highest BCUT2D eigenvalue weighted by molar-refractivity contribution is 5.66. The van der Waals surface area contributed by atoms with Gasteiger partial charge in [-0.15, -0.1) is 0 Å². The summed E-state index contributed by atoms with van der Waals surface area (Å²) in [6.45, 7) is 1.92. The fourth-order valence-corrected chi connectivity index (χ4v) is 1.71. The number of alkyl halides is 1. The van der Waals surface area contributed by atoms with Gasteiger partial charge in [-0.1, -0.05) is 12.1 Å². The van der Waals surface area contributed by atoms with Crippen LogP contribution in [0.1, 0.15) is 24.5 Å². The Balaban J connectivity index is 2.40. The Labute approximate surface area is 88.1 Å². The Hall–Kier alpha value is -1.38. The van der Waals surface area contributed by atoms with Gasteiger partial charge in [-0.25, -0.2) is 4.39 Å². The molecule has 80 valence electrons. The van der Waals surface area contributed by atoms with E-state index in [1.165, 1.54) is 6.92 Å². The second-order valence-corrected chi connectivity index (χ2v) is 3.97. The molecule has 3 heteroatoms. The summed E-state index contributed by atoms with van der Waals surface area (Å²) in [5.41, 5.74) is -0.472. The molecule has 0 aliphatic carbocycles. The van der Waals surface area contributed by atoms with Crippen LogP contribution in [0, 0.1) is 0 Å². The molecule has 0 saturated heterocycles. The van der Waals surface area contributed by atoms with Gasteiger partial charge in [0, 0.05) is 0 Å². The van der Waals surface area contributed by atoms with E-state index < -0.39 is 5.67 Å². The van der Waals surface area contributed by atoms with Gasteiger partial charge >= 0.3 is 0 Å². The van der Waals surface area contributed by atoms with E-state index in [1.807, 2.05) is 6.07 Å². The van der Waals surface area contributed by atoms with E-state index in [1.54, 1.807) is 12.1 Å². The minimum absolute atomic E-state index is 0.317. The molecule has 2 nitrogen and oxygen atoms in total. The zero-order chi connectivity index (χ0) is 10.9. The van der Waals surface area contributed by atoms with Crippen LogP contribution in [0.3, 0.4) is 0 Å². The molecule has 0 saturated carbocycles. The monoisotopic (exact) mass is 208 g/mol. The first-order valence-electron chi connectivity index (χ1n) is 5.05. The van der Waals surface area contributed by atoms with Gasteiger partial charge in [-0.3, -0.25) is 4.79 Å². The van der Waals surface area contributed by atoms with Crippen molar-refractivity contribution in [3.8, 4) is 5.75 Å². The number of carbonyl (C=O) groups is 1. The predicted octanol–water partition coefficient (Wildman–Crippen LogP) is 2.40. The Morgan fingerprint density at radius 1 is 1.53 bits per heavy atom. The second kappa shape index (κ2) is 3.65. The molecule has 0 N–H and O–H groups in total. The number of benzene rings is 1. The van der Waals surface area contributed by atoms with Crippen molar-refractivity contribution in [3.05, 3.63) is 29.3 Å². The van der Waals surface area contributed by atoms with Crippen molar-refractivity contribution in [2.24, 2.45) is 0 Å². The van der Waals surface area contributed by atoms with Crippen LogP contribution in [0.5, 0.6) is 5.75 Å². The molecule has 1 unspecified atom stereocenters. The lowest BCUT2D eigenvalue weighted by Gasteiger charge is -2.20. The third-order valence-corrected chi connectivity index (χ3v) is 2.70. The molecule has 1 atom stereocenters. The molecule has 1 heterocycles. The number of hydrogen-bond donors (Lipinski definition) is 0. The highest BCUT2D eigenvalue weighted by Gasteiger charge is 2.26. The molecule has 0 amide bonds. The fraction of sp³-hybridized carbons (Fsp3) is 0.417. The topological polar surface area (TPSA) is 26.3 Å². The van der Waals surface area contributed by atoms with Crippen LogP contribution >= 0.6 is 0 Å². The van der Waals surface area contributed by atoms with Crippen LogP contribution in [0.2, 0.25) is 0 Å². The van der Waals surface area contributed by atoms with E-state index in [4.69, 9.17) is 4.74 Å². The minimum atomic E-state index is -1.92. The summed E-state index contributed by atoms with van der Waals surface area (Å²) < 4.78 is 19.1. The van der Waals surface area contributed by atoms with Crippen molar-refractivity contribution in [2.45, 2.75) is 25.4 Å². The van der Waals surface area contributed by atoms with Crippen molar-refractivity contribution in [1.29, 1.82) is 0 Å². The second-order valence-electron chi connectivity index (χ2n) is 3.97. The number of halogens is 1. The lowest BCUT2D eigenvalue weighted by molar-refractivity contribution is -0.117. The maximum Gasteiger partial charge on any atom is 0.188 e. The number of carbonyl (C=O) groups excluding carboxylic acids is 1. The number of ether oxygens (including phenoxy) is 1. The molecule has 15 heavy (non-hydrogen) atoms. The number of hydrogen-bond acceptors (Lipinski definition) is 2. The molecule has 1 aliphatic rings. The van der Waals surface area contributed by atoms with E-state index in [0.29, 0.717) is 24.2 Å². The van der Waals surface area contributed by atoms with E-state index in [2.05, 4.69) is 0 Å². The molecular formula is C12H13FO2. The van der Waals surface area contributed by atoms with Crippen molar-refractivity contribution in [2.75, 3.05) is 6.61 Å². The number of rotatable bonds is 2. The average molecular weight is 208 g/mol. The van der Waals surface area contributed by atoms with Crippen LogP contribution in [-0.2, 0) is 16.9 Å². The lowest BCUT2D eigenvalue weighted by Crippen LogP contribution is -2.18. The summed E-state index contributed by atoms with van der Waals surface area (Å²) >= 11 is 0. The number of aldehydes is 1. The van der Waals surface area contributed by atoms with E-state index in [9.17, 15) is 9.18 Å². The molecule has 0 fully saturated rings. The van der Waals surface area contributed by atoms with Gasteiger partial charge in [0.1, 0.15) is 5.75 Å². The summed E-state index contributed by atoms with van der Waals surface area (Å²) in [6.07, 6.45) is 2.27. The van der Waals surface area contributed by atoms with E-state index in [-0.39, 0.29) is 0 Å². The first-order chi connectivity index (χ1) is 7.13. The van der Waals surface area contributed by atoms with Gasteiger partial charge in [-0.2, -0.15) is 0 Å². The smallest absolute Gasteiger partial charge is 0.188 e. The standard InChI is InChI=1S/C12H13FO2/c1-12(13,8-14)10-5-4-9-3-2-6-15-11(9)7-10/h4-5,7-8H,2-3,6H2,1H3. The van der Waals surface area contributed by atoms with Crippen LogP contribution < -0.4 is 4.74 Å². The summed E-state index contributed by atoms with van der Waals surface area (Å²) in [4.78, 5) is 10.6. The fourth-order valence-electron chi connectivity index (χ4n) is 1.71. The van der Waals surface area contributed by atoms with Crippen molar-refractivity contribution in [1.82, 2.24) is 0 Å². The SMILES string of the molecule is CC(F)(C=O)c1ccc2c(c1)OCCC2. The molecule has 0 bridgehead atoms. The Bertz CT molecular complexity index is 385. The molecule has 1 aliphatic heterocycles. The Morgan fingerprint density at radius 2 is 2.33 bits per heavy atom. The summed E-state index contributed by atoms with van der Waals surface area (Å²) in [7, 11) is 0. The van der Waals surface area contributed by atoms with Crippen LogP contribution in [-0.4, -0.2) is 12.9 Å². The number of fused-ring (bicyclic) bond motifs is 1. The normalized spacial score (nSPS) is 18.5. The van der Waals surface area contributed by atoms with Crippen molar-refractivity contribution >= 4 is 6.29 Å². The van der Waals surface area contributed by atoms with E-state index in [0.717, 1.165) is 18.4 Å². The Kier molecular flexibility index (Phi) is 2.47. The number of aryl methyl sites for hydroxylation is 1. The lowest BCUT2D eigenvalue weighted by atomic mass is 9.96. The largest absolute Gasteiger partial charge is 0.493 e. The molecule has 0 aromatic heterocycles. The Morgan fingerprint density at radius 3 is 3.07 bits per heavy atom. The summed E-state index contributed by atoms with van der Waals surface area (Å²) in [6, 6.07) is 5.12. The molecule has 1 aromatic carbocycles. The summed E-state index contributed by atoms with van der Waals surface area (Å²) in [5, 5.41) is 0. The van der Waals surface area contributed by atoms with Crippen molar-refractivity contribution < 1.29 is 13.9 Å².